The molecular weight excluding hydrogens is 629 g/mol. The summed E-state index contributed by atoms with van der Waals surface area (Å²) in [5, 5.41) is 2.50. The van der Waals surface area contributed by atoms with Gasteiger partial charge in [-0.2, -0.15) is 0 Å². The van der Waals surface area contributed by atoms with Crippen molar-refractivity contribution in [3.05, 3.63) is 216 Å². The van der Waals surface area contributed by atoms with Crippen molar-refractivity contribution < 1.29 is 0 Å². The van der Waals surface area contributed by atoms with Crippen molar-refractivity contribution in [3.8, 4) is 16.8 Å². The molecule has 1 heterocycles. The van der Waals surface area contributed by atoms with Crippen LogP contribution in [0.4, 0.5) is 17.1 Å². The first-order valence-electron chi connectivity index (χ1n) is 18.3. The minimum Gasteiger partial charge on any atom is -0.310 e. The van der Waals surface area contributed by atoms with Crippen LogP contribution in [0.2, 0.25) is 0 Å². The molecule has 7 aromatic carbocycles. The summed E-state index contributed by atoms with van der Waals surface area (Å²) in [5.41, 5.74) is 14.6. The molecule has 8 aromatic rings. The van der Waals surface area contributed by atoms with Crippen LogP contribution in [-0.4, -0.2) is 4.57 Å². The minimum absolute atomic E-state index is 0.389. The number of anilines is 3. The first kappa shape index (κ1) is 30.4. The van der Waals surface area contributed by atoms with Crippen LogP contribution in [0, 0.1) is 5.92 Å². The second-order valence-electron chi connectivity index (χ2n) is 14.1. The van der Waals surface area contributed by atoms with Crippen molar-refractivity contribution >= 4 is 38.9 Å². The van der Waals surface area contributed by atoms with E-state index in [0.717, 1.165) is 29.2 Å². The maximum Gasteiger partial charge on any atom is 0.0679 e. The van der Waals surface area contributed by atoms with E-state index in [9.17, 15) is 0 Å². The third kappa shape index (κ3) is 4.50. The van der Waals surface area contributed by atoms with Gasteiger partial charge in [-0.15, -0.1) is 0 Å². The van der Waals surface area contributed by atoms with Gasteiger partial charge in [0.1, 0.15) is 0 Å². The molecule has 0 saturated heterocycles. The minimum atomic E-state index is -0.417. The van der Waals surface area contributed by atoms with Crippen molar-refractivity contribution in [2.24, 2.45) is 5.92 Å². The lowest BCUT2D eigenvalue weighted by molar-refractivity contribution is 0.576. The quantitative estimate of drug-likeness (QED) is 0.171. The number of para-hydroxylation sites is 3. The molecule has 2 aliphatic rings. The molecule has 2 nitrogen and oxygen atoms in total. The molecule has 10 rings (SSSR count). The first-order valence-corrected chi connectivity index (χ1v) is 18.3. The molecule has 0 N–H and O–H groups in total. The molecule has 2 unspecified atom stereocenters. The van der Waals surface area contributed by atoms with E-state index in [-0.39, 0.29) is 0 Å². The fourth-order valence-electron chi connectivity index (χ4n) is 9.10. The molecule has 2 atom stereocenters. The third-order valence-electron chi connectivity index (χ3n) is 11.3. The summed E-state index contributed by atoms with van der Waals surface area (Å²) < 4.78 is 2.40. The Balaban J connectivity index is 1.25. The second kappa shape index (κ2) is 12.1. The van der Waals surface area contributed by atoms with Crippen molar-refractivity contribution in [2.75, 3.05) is 4.90 Å². The van der Waals surface area contributed by atoms with Gasteiger partial charge in [-0.1, -0.05) is 146 Å². The Labute approximate surface area is 305 Å². The number of benzene rings is 7. The molecule has 0 amide bonds. The Hall–Kier alpha value is -6.38. The zero-order chi connectivity index (χ0) is 34.6. The fraction of sp³-hybridized carbons (Fsp3) is 0.0800. The molecule has 0 radical (unpaired) electrons. The number of hydrogen-bond acceptors (Lipinski definition) is 1. The molecule has 1 aromatic heterocycles. The monoisotopic (exact) mass is 666 g/mol. The van der Waals surface area contributed by atoms with E-state index in [2.05, 4.69) is 211 Å². The summed E-state index contributed by atoms with van der Waals surface area (Å²) in [6, 6.07) is 64.7. The molecule has 0 saturated carbocycles. The highest BCUT2D eigenvalue weighted by Crippen LogP contribution is 2.59. The molecule has 0 bridgehead atoms. The Morgan fingerprint density at radius 2 is 1.17 bits per heavy atom. The van der Waals surface area contributed by atoms with E-state index in [1.807, 2.05) is 0 Å². The van der Waals surface area contributed by atoms with Crippen LogP contribution < -0.4 is 4.90 Å². The van der Waals surface area contributed by atoms with Gasteiger partial charge in [0.05, 0.1) is 16.4 Å². The normalized spacial score (nSPS) is 17.6. The Morgan fingerprint density at radius 3 is 1.98 bits per heavy atom. The van der Waals surface area contributed by atoms with E-state index >= 15 is 0 Å². The molecule has 2 aliphatic carbocycles. The van der Waals surface area contributed by atoms with E-state index in [1.54, 1.807) is 0 Å². The lowest BCUT2D eigenvalue weighted by atomic mass is 9.63. The lowest BCUT2D eigenvalue weighted by Crippen LogP contribution is -2.33. The zero-order valence-corrected chi connectivity index (χ0v) is 29.2. The number of nitrogens with zero attached hydrogens (tertiary/aromatic N) is 2. The highest BCUT2D eigenvalue weighted by Gasteiger charge is 2.48. The van der Waals surface area contributed by atoms with Crippen LogP contribution >= 0.6 is 0 Å². The van der Waals surface area contributed by atoms with E-state index in [0.29, 0.717) is 5.92 Å². The molecule has 0 fully saturated rings. The molecule has 2 heteroatoms. The standard InChI is InChI=1S/C50H38N2/c1-35-17-11-14-26-45(35)50(36-18-5-2-6-19-36)46-27-15-12-24-41(46)42-31-29-39(33-47(42)50)51(37-20-7-3-8-21-37)40-30-32-44-43-25-13-16-28-48(43)52(49(44)34-40)38-22-9-4-10-23-38/h2-16,18-35H,17H2,1H3. The van der Waals surface area contributed by atoms with E-state index < -0.39 is 5.41 Å². The predicted molar refractivity (Wildman–Crippen MR) is 218 cm³/mol. The van der Waals surface area contributed by atoms with E-state index in [1.165, 1.54) is 55.2 Å². The molecular formula is C50H38N2. The van der Waals surface area contributed by atoms with Crippen molar-refractivity contribution in [1.29, 1.82) is 0 Å². The van der Waals surface area contributed by atoms with Gasteiger partial charge in [0.15, 0.2) is 0 Å². The van der Waals surface area contributed by atoms with E-state index in [4.69, 9.17) is 0 Å². The lowest BCUT2D eigenvalue weighted by Gasteiger charge is -2.40. The average Bonchev–Trinajstić information content (AvgIpc) is 3.69. The van der Waals surface area contributed by atoms with Crippen LogP contribution in [0.15, 0.2) is 200 Å². The van der Waals surface area contributed by atoms with Crippen LogP contribution in [0.3, 0.4) is 0 Å². The Bertz CT molecular complexity index is 2670. The number of allylic oxidation sites excluding steroid dienone is 4. The number of aromatic nitrogens is 1. The van der Waals surface area contributed by atoms with Crippen LogP contribution in [0.25, 0.3) is 38.6 Å². The topological polar surface area (TPSA) is 8.17 Å². The van der Waals surface area contributed by atoms with Gasteiger partial charge in [0.2, 0.25) is 0 Å². The summed E-state index contributed by atoms with van der Waals surface area (Å²) in [6.07, 6.45) is 8.00. The summed E-state index contributed by atoms with van der Waals surface area (Å²) >= 11 is 0. The van der Waals surface area contributed by atoms with Gasteiger partial charge in [0.25, 0.3) is 0 Å². The predicted octanol–water partition coefficient (Wildman–Crippen LogP) is 13.1. The largest absolute Gasteiger partial charge is 0.310 e. The molecule has 0 spiro atoms. The zero-order valence-electron chi connectivity index (χ0n) is 29.2. The van der Waals surface area contributed by atoms with Crippen molar-refractivity contribution in [1.82, 2.24) is 4.57 Å². The second-order valence-corrected chi connectivity index (χ2v) is 14.1. The van der Waals surface area contributed by atoms with Crippen molar-refractivity contribution in [3.63, 3.8) is 0 Å². The van der Waals surface area contributed by atoms with Crippen LogP contribution in [0.5, 0.6) is 0 Å². The first-order chi connectivity index (χ1) is 25.7. The molecule has 248 valence electrons. The van der Waals surface area contributed by atoms with Gasteiger partial charge < -0.3 is 9.47 Å². The average molecular weight is 667 g/mol. The number of hydrogen-bond donors (Lipinski definition) is 0. The van der Waals surface area contributed by atoms with Gasteiger partial charge in [-0.3, -0.25) is 0 Å². The summed E-state index contributed by atoms with van der Waals surface area (Å²) in [6.45, 7) is 2.39. The van der Waals surface area contributed by atoms with Gasteiger partial charge in [-0.25, -0.2) is 0 Å². The summed E-state index contributed by atoms with van der Waals surface area (Å²) in [5.74, 6) is 0.389. The Kier molecular flexibility index (Phi) is 7.11. The molecule has 0 aliphatic heterocycles. The Morgan fingerprint density at radius 1 is 0.538 bits per heavy atom. The van der Waals surface area contributed by atoms with Gasteiger partial charge in [-0.05, 0) is 100 Å². The van der Waals surface area contributed by atoms with Crippen molar-refractivity contribution in [2.45, 2.75) is 18.8 Å². The third-order valence-corrected chi connectivity index (χ3v) is 11.3. The van der Waals surface area contributed by atoms with Gasteiger partial charge in [0, 0.05) is 33.5 Å². The SMILES string of the molecule is CC1CC=CC=C1C1(c2ccccc2)c2ccccc2-c2ccc(N(c3ccccc3)c3ccc4c5ccccc5n(-c5ccccc5)c4c3)cc21. The maximum absolute atomic E-state index is 2.48. The summed E-state index contributed by atoms with van der Waals surface area (Å²) in [7, 11) is 0. The van der Waals surface area contributed by atoms with Gasteiger partial charge >= 0.3 is 0 Å². The van der Waals surface area contributed by atoms with Crippen LogP contribution in [-0.2, 0) is 5.41 Å². The fourth-order valence-corrected chi connectivity index (χ4v) is 9.10. The molecule has 52 heavy (non-hydrogen) atoms. The highest BCUT2D eigenvalue weighted by molar-refractivity contribution is 6.10. The highest BCUT2D eigenvalue weighted by atomic mass is 15.1. The smallest absolute Gasteiger partial charge is 0.0679 e. The number of rotatable bonds is 6. The maximum atomic E-state index is 2.48. The summed E-state index contributed by atoms with van der Waals surface area (Å²) in [4.78, 5) is 2.43. The van der Waals surface area contributed by atoms with Crippen LogP contribution in [0.1, 0.15) is 30.0 Å². The number of fused-ring (bicyclic) bond motifs is 6.